The minimum Gasteiger partial charge on any atom is -0.460 e. The molecule has 0 fully saturated rings. The first-order chi connectivity index (χ1) is 10.3. The molecular weight excluding hydrogens is 276 g/mol. The van der Waals surface area contributed by atoms with Gasteiger partial charge >= 0.3 is 11.9 Å². The molecule has 6 nitrogen and oxygen atoms in total. The SMILES string of the molecule is O=C(OCCCCCOC(=O)c1ccco1)c1ccco1. The van der Waals surface area contributed by atoms with E-state index in [1.165, 1.54) is 12.5 Å². The van der Waals surface area contributed by atoms with E-state index < -0.39 is 11.9 Å². The van der Waals surface area contributed by atoms with Crippen LogP contribution in [0, 0.1) is 0 Å². The zero-order chi connectivity index (χ0) is 14.9. The molecule has 0 N–H and O–H groups in total. The summed E-state index contributed by atoms with van der Waals surface area (Å²) >= 11 is 0. The highest BCUT2D eigenvalue weighted by Crippen LogP contribution is 2.05. The van der Waals surface area contributed by atoms with E-state index in [2.05, 4.69) is 0 Å². The van der Waals surface area contributed by atoms with Crippen molar-refractivity contribution in [2.24, 2.45) is 0 Å². The van der Waals surface area contributed by atoms with Crippen molar-refractivity contribution in [2.45, 2.75) is 19.3 Å². The predicted octanol–water partition coefficient (Wildman–Crippen LogP) is 3.06. The number of hydrogen-bond acceptors (Lipinski definition) is 6. The molecule has 112 valence electrons. The molecule has 2 aromatic rings. The summed E-state index contributed by atoms with van der Waals surface area (Å²) in [5, 5.41) is 0. The topological polar surface area (TPSA) is 78.9 Å². The monoisotopic (exact) mass is 292 g/mol. The Balaban J connectivity index is 1.49. The molecule has 0 atom stereocenters. The zero-order valence-electron chi connectivity index (χ0n) is 11.4. The molecule has 2 aromatic heterocycles. The third kappa shape index (κ3) is 4.83. The molecule has 0 aliphatic heterocycles. The maximum Gasteiger partial charge on any atom is 0.374 e. The lowest BCUT2D eigenvalue weighted by Gasteiger charge is -2.04. The van der Waals surface area contributed by atoms with Crippen LogP contribution in [0.15, 0.2) is 45.6 Å². The summed E-state index contributed by atoms with van der Waals surface area (Å²) in [7, 11) is 0. The van der Waals surface area contributed by atoms with Crippen molar-refractivity contribution in [3.63, 3.8) is 0 Å². The van der Waals surface area contributed by atoms with Gasteiger partial charge in [-0.15, -0.1) is 0 Å². The number of rotatable bonds is 8. The molecule has 2 heterocycles. The highest BCUT2D eigenvalue weighted by molar-refractivity contribution is 5.86. The van der Waals surface area contributed by atoms with Crippen molar-refractivity contribution >= 4 is 11.9 Å². The second-order valence-corrected chi connectivity index (χ2v) is 4.29. The molecule has 0 unspecified atom stereocenters. The zero-order valence-corrected chi connectivity index (χ0v) is 11.4. The quantitative estimate of drug-likeness (QED) is 0.549. The fraction of sp³-hybridized carbons (Fsp3) is 0.333. The molecule has 6 heteroatoms. The van der Waals surface area contributed by atoms with Crippen molar-refractivity contribution in [2.75, 3.05) is 13.2 Å². The summed E-state index contributed by atoms with van der Waals surface area (Å²) in [5.41, 5.74) is 0. The summed E-state index contributed by atoms with van der Waals surface area (Å²) in [6, 6.07) is 6.36. The lowest BCUT2D eigenvalue weighted by atomic mass is 10.2. The first kappa shape index (κ1) is 14.9. The van der Waals surface area contributed by atoms with Crippen molar-refractivity contribution in [1.82, 2.24) is 0 Å². The number of furan rings is 2. The van der Waals surface area contributed by atoms with E-state index in [9.17, 15) is 9.59 Å². The molecule has 0 saturated heterocycles. The fourth-order valence-corrected chi connectivity index (χ4v) is 1.64. The standard InChI is InChI=1S/C15H16O6/c16-14(12-6-4-10-18-12)20-8-2-1-3-9-21-15(17)13-7-5-11-19-13/h4-7,10-11H,1-3,8-9H2. The van der Waals surface area contributed by atoms with Gasteiger partial charge in [0.1, 0.15) is 0 Å². The molecule has 0 spiro atoms. The van der Waals surface area contributed by atoms with Crippen LogP contribution in [0.25, 0.3) is 0 Å². The van der Waals surface area contributed by atoms with Crippen LogP contribution in [0.2, 0.25) is 0 Å². The van der Waals surface area contributed by atoms with Gasteiger partial charge in [-0.2, -0.15) is 0 Å². The maximum absolute atomic E-state index is 11.4. The Bertz CT molecular complexity index is 490. The van der Waals surface area contributed by atoms with E-state index in [1.54, 1.807) is 24.3 Å². The molecule has 0 radical (unpaired) electrons. The van der Waals surface area contributed by atoms with Crippen LogP contribution in [0.3, 0.4) is 0 Å². The number of carbonyl (C=O) groups is 2. The molecule has 2 rings (SSSR count). The van der Waals surface area contributed by atoms with E-state index >= 15 is 0 Å². The lowest BCUT2D eigenvalue weighted by Crippen LogP contribution is -2.07. The Morgan fingerprint density at radius 3 is 1.67 bits per heavy atom. The smallest absolute Gasteiger partial charge is 0.374 e. The first-order valence-corrected chi connectivity index (χ1v) is 6.68. The van der Waals surface area contributed by atoms with Gasteiger partial charge in [0, 0.05) is 0 Å². The molecule has 0 aliphatic rings. The van der Waals surface area contributed by atoms with E-state index in [4.69, 9.17) is 18.3 Å². The predicted molar refractivity (Wildman–Crippen MR) is 71.8 cm³/mol. The minimum absolute atomic E-state index is 0.197. The second-order valence-electron chi connectivity index (χ2n) is 4.29. The first-order valence-electron chi connectivity index (χ1n) is 6.68. The van der Waals surface area contributed by atoms with Gasteiger partial charge < -0.3 is 18.3 Å². The average Bonchev–Trinajstić information content (AvgIpc) is 3.18. The summed E-state index contributed by atoms with van der Waals surface area (Å²) in [5.74, 6) is -0.543. The summed E-state index contributed by atoms with van der Waals surface area (Å²) in [4.78, 5) is 22.8. The lowest BCUT2D eigenvalue weighted by molar-refractivity contribution is 0.0441. The summed E-state index contributed by atoms with van der Waals surface area (Å²) < 4.78 is 19.9. The molecule has 0 saturated carbocycles. The molecule has 0 bridgehead atoms. The van der Waals surface area contributed by atoms with Crippen LogP contribution < -0.4 is 0 Å². The Morgan fingerprint density at radius 1 is 0.810 bits per heavy atom. The van der Waals surface area contributed by atoms with E-state index in [0.717, 1.165) is 6.42 Å². The highest BCUT2D eigenvalue weighted by atomic mass is 16.5. The normalized spacial score (nSPS) is 10.3. The van der Waals surface area contributed by atoms with Gasteiger partial charge in [-0.3, -0.25) is 0 Å². The van der Waals surface area contributed by atoms with E-state index in [1.807, 2.05) is 0 Å². The van der Waals surface area contributed by atoms with Gasteiger partial charge in [-0.25, -0.2) is 9.59 Å². The molecule has 21 heavy (non-hydrogen) atoms. The number of carbonyl (C=O) groups excluding carboxylic acids is 2. The molecular formula is C15H16O6. The second kappa shape index (κ2) is 7.94. The third-order valence-corrected chi connectivity index (χ3v) is 2.70. The summed E-state index contributed by atoms with van der Waals surface area (Å²) in [6.45, 7) is 0.622. The average molecular weight is 292 g/mol. The molecule has 0 amide bonds. The summed E-state index contributed by atoms with van der Waals surface area (Å²) in [6.07, 6.45) is 5.03. The third-order valence-electron chi connectivity index (χ3n) is 2.70. The fourth-order valence-electron chi connectivity index (χ4n) is 1.64. The van der Waals surface area contributed by atoms with Crippen molar-refractivity contribution in [3.05, 3.63) is 48.3 Å². The van der Waals surface area contributed by atoms with Crippen molar-refractivity contribution in [1.29, 1.82) is 0 Å². The van der Waals surface area contributed by atoms with Gasteiger partial charge in [0.25, 0.3) is 0 Å². The van der Waals surface area contributed by atoms with Crippen LogP contribution in [-0.2, 0) is 9.47 Å². The Kier molecular flexibility index (Phi) is 5.63. The number of ether oxygens (including phenoxy) is 2. The number of hydrogen-bond donors (Lipinski definition) is 0. The maximum atomic E-state index is 11.4. The van der Waals surface area contributed by atoms with Crippen LogP contribution in [0.1, 0.15) is 40.4 Å². The van der Waals surface area contributed by atoms with Crippen LogP contribution >= 0.6 is 0 Å². The largest absolute Gasteiger partial charge is 0.460 e. The van der Waals surface area contributed by atoms with Crippen LogP contribution in [0.5, 0.6) is 0 Å². The molecule has 0 aliphatic carbocycles. The molecule has 0 aromatic carbocycles. The van der Waals surface area contributed by atoms with Gasteiger partial charge in [0.2, 0.25) is 11.5 Å². The Morgan fingerprint density at radius 2 is 1.29 bits per heavy atom. The van der Waals surface area contributed by atoms with Gasteiger partial charge in [-0.05, 0) is 43.5 Å². The Hall–Kier alpha value is -2.50. The van der Waals surface area contributed by atoms with E-state index in [0.29, 0.717) is 26.1 Å². The Labute approximate surface area is 121 Å². The number of esters is 2. The van der Waals surface area contributed by atoms with Crippen LogP contribution in [0.4, 0.5) is 0 Å². The van der Waals surface area contributed by atoms with Crippen LogP contribution in [-0.4, -0.2) is 25.2 Å². The van der Waals surface area contributed by atoms with Gasteiger partial charge in [0.05, 0.1) is 25.7 Å². The van der Waals surface area contributed by atoms with E-state index in [-0.39, 0.29) is 11.5 Å². The number of unbranched alkanes of at least 4 members (excludes halogenated alkanes) is 2. The minimum atomic E-state index is -0.468. The van der Waals surface area contributed by atoms with Gasteiger partial charge in [0.15, 0.2) is 0 Å². The van der Waals surface area contributed by atoms with Crippen molar-refractivity contribution in [3.8, 4) is 0 Å². The highest BCUT2D eigenvalue weighted by Gasteiger charge is 2.10. The van der Waals surface area contributed by atoms with Gasteiger partial charge in [-0.1, -0.05) is 0 Å². The van der Waals surface area contributed by atoms with Crippen molar-refractivity contribution < 1.29 is 27.9 Å².